The lowest BCUT2D eigenvalue weighted by Crippen LogP contribution is -1.84. The third-order valence-electron chi connectivity index (χ3n) is 1.15. The Hall–Kier alpha value is -1.39. The highest BCUT2D eigenvalue weighted by atomic mass is 79.9. The molecule has 0 amide bonds. The van der Waals surface area contributed by atoms with E-state index in [2.05, 4.69) is 22.5 Å². The molecule has 0 aliphatic rings. The SMILES string of the molecule is C=C(Br)/C=C(C#N)\C(F)=C(/C)C#N. The minimum Gasteiger partial charge on any atom is -0.204 e. The third-order valence-corrected chi connectivity index (χ3v) is 1.38. The molecule has 66 valence electrons. The summed E-state index contributed by atoms with van der Waals surface area (Å²) in [6, 6.07) is 3.26. The monoisotopic (exact) mass is 240 g/mol. The number of halogens is 2. The van der Waals surface area contributed by atoms with Gasteiger partial charge in [-0.3, -0.25) is 0 Å². The van der Waals surface area contributed by atoms with Crippen molar-refractivity contribution in [2.45, 2.75) is 6.92 Å². The van der Waals surface area contributed by atoms with Gasteiger partial charge >= 0.3 is 0 Å². The van der Waals surface area contributed by atoms with Crippen molar-refractivity contribution in [1.82, 2.24) is 0 Å². The predicted molar refractivity (Wildman–Crippen MR) is 51.2 cm³/mol. The summed E-state index contributed by atoms with van der Waals surface area (Å²) in [4.78, 5) is 0. The van der Waals surface area contributed by atoms with Gasteiger partial charge < -0.3 is 0 Å². The fourth-order valence-electron chi connectivity index (χ4n) is 0.552. The van der Waals surface area contributed by atoms with Crippen molar-refractivity contribution < 1.29 is 4.39 Å². The van der Waals surface area contributed by atoms with Crippen LogP contribution in [0.2, 0.25) is 0 Å². The Morgan fingerprint density at radius 3 is 2.31 bits per heavy atom. The highest BCUT2D eigenvalue weighted by molar-refractivity contribution is 9.11. The molecule has 2 nitrogen and oxygen atoms in total. The van der Waals surface area contributed by atoms with Gasteiger partial charge in [-0.15, -0.1) is 0 Å². The average molecular weight is 241 g/mol. The van der Waals surface area contributed by atoms with Gasteiger partial charge in [0.05, 0.1) is 17.2 Å². The minimum atomic E-state index is -0.814. The first-order chi connectivity index (χ1) is 6.02. The Labute approximate surface area is 84.4 Å². The quantitative estimate of drug-likeness (QED) is 0.550. The smallest absolute Gasteiger partial charge is 0.154 e. The van der Waals surface area contributed by atoms with Gasteiger partial charge in [-0.2, -0.15) is 10.5 Å². The Balaban J connectivity index is 5.20. The van der Waals surface area contributed by atoms with E-state index in [1.807, 2.05) is 0 Å². The van der Waals surface area contributed by atoms with Gasteiger partial charge in [-0.25, -0.2) is 4.39 Å². The molecule has 0 bridgehead atoms. The van der Waals surface area contributed by atoms with Crippen LogP contribution in [0.1, 0.15) is 6.92 Å². The maximum Gasteiger partial charge on any atom is 0.154 e. The molecule has 0 radical (unpaired) electrons. The van der Waals surface area contributed by atoms with Crippen molar-refractivity contribution in [1.29, 1.82) is 10.5 Å². The van der Waals surface area contributed by atoms with E-state index in [0.29, 0.717) is 4.48 Å². The van der Waals surface area contributed by atoms with Crippen LogP contribution in [0.15, 0.2) is 34.1 Å². The summed E-state index contributed by atoms with van der Waals surface area (Å²) < 4.78 is 13.5. The molecule has 0 atom stereocenters. The van der Waals surface area contributed by atoms with Crippen molar-refractivity contribution in [2.75, 3.05) is 0 Å². The van der Waals surface area contributed by atoms with Crippen LogP contribution < -0.4 is 0 Å². The van der Waals surface area contributed by atoms with E-state index in [1.165, 1.54) is 13.0 Å². The Morgan fingerprint density at radius 1 is 1.46 bits per heavy atom. The summed E-state index contributed by atoms with van der Waals surface area (Å²) in [6.07, 6.45) is 1.22. The molecule has 0 fully saturated rings. The van der Waals surface area contributed by atoms with Crippen molar-refractivity contribution in [2.24, 2.45) is 0 Å². The van der Waals surface area contributed by atoms with Crippen molar-refractivity contribution >= 4 is 15.9 Å². The molecule has 0 spiro atoms. The lowest BCUT2D eigenvalue weighted by Gasteiger charge is -1.94. The van der Waals surface area contributed by atoms with Gasteiger partial charge in [0.1, 0.15) is 6.07 Å². The van der Waals surface area contributed by atoms with E-state index >= 15 is 0 Å². The summed E-state index contributed by atoms with van der Waals surface area (Å²) >= 11 is 2.96. The van der Waals surface area contributed by atoms with Gasteiger partial charge in [-0.05, 0) is 13.0 Å². The summed E-state index contributed by atoms with van der Waals surface area (Å²) in [5.74, 6) is -0.814. The number of allylic oxidation sites excluding steroid dienone is 5. The summed E-state index contributed by atoms with van der Waals surface area (Å²) in [5.41, 5.74) is -0.331. The molecule has 0 aromatic carbocycles. The fraction of sp³-hybridized carbons (Fsp3) is 0.111. The molecule has 0 aliphatic carbocycles. The Bertz CT molecular complexity index is 366. The van der Waals surface area contributed by atoms with Crippen LogP contribution in [0, 0.1) is 22.7 Å². The van der Waals surface area contributed by atoms with Crippen LogP contribution in [0.3, 0.4) is 0 Å². The van der Waals surface area contributed by atoms with Gasteiger partial charge in [0.25, 0.3) is 0 Å². The zero-order chi connectivity index (χ0) is 10.4. The lowest BCUT2D eigenvalue weighted by atomic mass is 10.1. The zero-order valence-electron chi connectivity index (χ0n) is 6.93. The molecule has 0 unspecified atom stereocenters. The fourth-order valence-corrected chi connectivity index (χ4v) is 0.781. The molecule has 0 aromatic rings. The molecular weight excluding hydrogens is 235 g/mol. The standard InChI is InChI=1S/C9H6BrFN2/c1-6(4-12)9(11)8(5-13)3-7(2)10/h3H,2H2,1H3/b8-3-,9-6-. The van der Waals surface area contributed by atoms with Crippen LogP contribution in [0.4, 0.5) is 4.39 Å². The van der Waals surface area contributed by atoms with Crippen LogP contribution in [0.5, 0.6) is 0 Å². The predicted octanol–water partition coefficient (Wildman–Crippen LogP) is 3.11. The molecule has 13 heavy (non-hydrogen) atoms. The highest BCUT2D eigenvalue weighted by Crippen LogP contribution is 2.18. The largest absolute Gasteiger partial charge is 0.204 e. The summed E-state index contributed by atoms with van der Waals surface area (Å²) in [5, 5.41) is 16.9. The molecule has 0 aliphatic heterocycles. The summed E-state index contributed by atoms with van der Waals surface area (Å²) in [7, 11) is 0. The number of nitrogens with zero attached hydrogens (tertiary/aromatic N) is 2. The molecule has 4 heteroatoms. The van der Waals surface area contributed by atoms with Crippen LogP contribution in [0.25, 0.3) is 0 Å². The molecule has 0 N–H and O–H groups in total. The lowest BCUT2D eigenvalue weighted by molar-refractivity contribution is 0.650. The number of hydrogen-bond acceptors (Lipinski definition) is 2. The van der Waals surface area contributed by atoms with E-state index in [0.717, 1.165) is 0 Å². The van der Waals surface area contributed by atoms with Crippen molar-refractivity contribution in [3.8, 4) is 12.1 Å². The Morgan fingerprint density at radius 2 is 2.00 bits per heavy atom. The Kier molecular flexibility index (Phi) is 4.72. The molecule has 0 saturated carbocycles. The highest BCUT2D eigenvalue weighted by Gasteiger charge is 2.07. The van der Waals surface area contributed by atoms with Gasteiger partial charge in [-0.1, -0.05) is 22.5 Å². The molecule has 0 saturated heterocycles. The number of rotatable bonds is 2. The second-order valence-corrected chi connectivity index (χ2v) is 3.19. The molecule has 0 aromatic heterocycles. The zero-order valence-corrected chi connectivity index (χ0v) is 8.52. The first kappa shape index (κ1) is 11.6. The topological polar surface area (TPSA) is 47.6 Å². The maximum atomic E-state index is 13.1. The first-order valence-electron chi connectivity index (χ1n) is 3.26. The first-order valence-corrected chi connectivity index (χ1v) is 4.05. The van der Waals surface area contributed by atoms with E-state index in [-0.39, 0.29) is 11.1 Å². The van der Waals surface area contributed by atoms with Crippen LogP contribution in [-0.4, -0.2) is 0 Å². The number of nitriles is 2. The normalized spacial score (nSPS) is 12.5. The van der Waals surface area contributed by atoms with E-state index < -0.39 is 5.83 Å². The second kappa shape index (κ2) is 5.29. The van der Waals surface area contributed by atoms with Crippen LogP contribution >= 0.6 is 15.9 Å². The molecular formula is C9H6BrFN2. The molecule has 0 heterocycles. The van der Waals surface area contributed by atoms with E-state index in [9.17, 15) is 4.39 Å². The second-order valence-electron chi connectivity index (χ2n) is 2.17. The average Bonchev–Trinajstić information content (AvgIpc) is 2.11. The van der Waals surface area contributed by atoms with Crippen molar-refractivity contribution in [3.63, 3.8) is 0 Å². The van der Waals surface area contributed by atoms with Gasteiger partial charge in [0.2, 0.25) is 0 Å². The molecule has 0 rings (SSSR count). The van der Waals surface area contributed by atoms with Gasteiger partial charge in [0.15, 0.2) is 5.83 Å². The van der Waals surface area contributed by atoms with Crippen LogP contribution in [-0.2, 0) is 0 Å². The van der Waals surface area contributed by atoms with Gasteiger partial charge in [0, 0.05) is 4.48 Å². The van der Waals surface area contributed by atoms with E-state index in [1.54, 1.807) is 12.1 Å². The van der Waals surface area contributed by atoms with E-state index in [4.69, 9.17) is 10.5 Å². The number of hydrogen-bond donors (Lipinski definition) is 0. The third kappa shape index (κ3) is 3.68. The minimum absolute atomic E-state index is 0.124. The summed E-state index contributed by atoms with van der Waals surface area (Å²) in [6.45, 7) is 4.73. The van der Waals surface area contributed by atoms with Crippen molar-refractivity contribution in [3.05, 3.63) is 34.1 Å². The maximum absolute atomic E-state index is 13.1.